The van der Waals surface area contributed by atoms with E-state index >= 15 is 0 Å². The summed E-state index contributed by atoms with van der Waals surface area (Å²) in [6, 6.07) is 8.86. The number of rotatable bonds is 7. The van der Waals surface area contributed by atoms with Crippen molar-refractivity contribution in [2.24, 2.45) is 5.92 Å². The number of halogens is 4. The molecule has 1 saturated heterocycles. The second kappa shape index (κ2) is 9.14. The molecule has 0 bridgehead atoms. The van der Waals surface area contributed by atoms with Crippen molar-refractivity contribution in [3.8, 4) is 11.5 Å². The molecule has 1 fully saturated rings. The van der Waals surface area contributed by atoms with E-state index in [9.17, 15) is 30.8 Å². The Kier molecular flexibility index (Phi) is 6.41. The number of amides is 1. The zero-order chi connectivity index (χ0) is 24.6. The lowest BCUT2D eigenvalue weighted by atomic mass is 10.0. The van der Waals surface area contributed by atoms with Crippen molar-refractivity contribution >= 4 is 21.6 Å². The zero-order valence-electron chi connectivity index (χ0n) is 17.7. The van der Waals surface area contributed by atoms with Crippen LogP contribution in [0.2, 0.25) is 0 Å². The maximum Gasteiger partial charge on any atom is 0.314 e. The zero-order valence-corrected chi connectivity index (χ0v) is 18.5. The molecule has 3 aromatic rings. The van der Waals surface area contributed by atoms with Gasteiger partial charge in [-0.2, -0.15) is 8.78 Å². The molecule has 4 rings (SSSR count). The molecule has 0 unspecified atom stereocenters. The van der Waals surface area contributed by atoms with Crippen LogP contribution in [0.1, 0.15) is 17.9 Å². The van der Waals surface area contributed by atoms with E-state index in [-0.39, 0.29) is 42.3 Å². The third kappa shape index (κ3) is 4.94. The van der Waals surface area contributed by atoms with Gasteiger partial charge in [-0.3, -0.25) is 4.79 Å². The number of alkyl halides is 2. The Balaban J connectivity index is 1.59. The van der Waals surface area contributed by atoms with Gasteiger partial charge in [0.1, 0.15) is 11.6 Å². The SMILES string of the molecule is CS(=O)(=O)N1CC(C(=O)N(Cc2ccc(-c3nnc(C(F)F)o3)cc2F)c2cccc(F)c2)C1. The summed E-state index contributed by atoms with van der Waals surface area (Å²) in [5.74, 6) is -3.75. The van der Waals surface area contributed by atoms with E-state index in [1.54, 1.807) is 0 Å². The Morgan fingerprint density at radius 2 is 1.91 bits per heavy atom. The third-order valence-corrected chi connectivity index (χ3v) is 6.54. The minimum absolute atomic E-state index is 0.0332. The molecule has 13 heteroatoms. The summed E-state index contributed by atoms with van der Waals surface area (Å²) in [6.45, 7) is -0.348. The lowest BCUT2D eigenvalue weighted by Gasteiger charge is -2.39. The highest BCUT2D eigenvalue weighted by atomic mass is 32.2. The summed E-state index contributed by atoms with van der Waals surface area (Å²) < 4.78 is 83.3. The first-order chi connectivity index (χ1) is 16.0. The average Bonchev–Trinajstić information content (AvgIpc) is 3.21. The number of carbonyl (C=O) groups is 1. The molecule has 2 heterocycles. The number of benzene rings is 2. The monoisotopic (exact) mass is 498 g/mol. The smallest absolute Gasteiger partial charge is 0.314 e. The second-order valence-electron chi connectivity index (χ2n) is 7.73. The number of sulfonamides is 1. The van der Waals surface area contributed by atoms with Crippen LogP contribution in [-0.4, -0.2) is 48.2 Å². The van der Waals surface area contributed by atoms with E-state index < -0.39 is 45.8 Å². The predicted octanol–water partition coefficient (Wildman–Crippen LogP) is 3.38. The van der Waals surface area contributed by atoms with Gasteiger partial charge in [-0.15, -0.1) is 10.2 Å². The van der Waals surface area contributed by atoms with Crippen molar-refractivity contribution in [1.82, 2.24) is 14.5 Å². The number of anilines is 1. The standard InChI is InChI=1S/C21H18F4N4O4S/c1-34(31,32)28-9-14(10-28)21(30)29(16-4-2-3-15(22)8-16)11-13-6-5-12(7-17(13)23)19-26-27-20(33-19)18(24)25/h2-8,14,18H,9-11H2,1H3. The Morgan fingerprint density at radius 3 is 2.50 bits per heavy atom. The van der Waals surface area contributed by atoms with Crippen molar-refractivity contribution in [3.63, 3.8) is 0 Å². The van der Waals surface area contributed by atoms with Gasteiger partial charge in [0.25, 0.3) is 5.89 Å². The molecule has 1 aliphatic rings. The molecule has 0 N–H and O–H groups in total. The molecule has 8 nitrogen and oxygen atoms in total. The van der Waals surface area contributed by atoms with Crippen LogP contribution in [0.5, 0.6) is 0 Å². The van der Waals surface area contributed by atoms with E-state index in [1.165, 1.54) is 35.2 Å². The van der Waals surface area contributed by atoms with Gasteiger partial charge in [0, 0.05) is 29.9 Å². The van der Waals surface area contributed by atoms with Crippen LogP contribution < -0.4 is 4.90 Å². The van der Waals surface area contributed by atoms with Gasteiger partial charge in [-0.25, -0.2) is 21.5 Å². The summed E-state index contributed by atoms with van der Waals surface area (Å²) in [4.78, 5) is 14.3. The number of carbonyl (C=O) groups excluding carboxylic acids is 1. The maximum absolute atomic E-state index is 14.9. The van der Waals surface area contributed by atoms with Crippen LogP contribution in [0.15, 0.2) is 46.9 Å². The van der Waals surface area contributed by atoms with Gasteiger partial charge in [-0.05, 0) is 30.3 Å². The average molecular weight is 498 g/mol. The van der Waals surface area contributed by atoms with Crippen LogP contribution in [0.4, 0.5) is 23.2 Å². The fourth-order valence-electron chi connectivity index (χ4n) is 3.44. The lowest BCUT2D eigenvalue weighted by molar-refractivity contribution is -0.125. The van der Waals surface area contributed by atoms with Crippen LogP contribution >= 0.6 is 0 Å². The van der Waals surface area contributed by atoms with Crippen LogP contribution in [0.25, 0.3) is 11.5 Å². The minimum atomic E-state index is -3.45. The molecule has 0 aliphatic carbocycles. The van der Waals surface area contributed by atoms with Crippen LogP contribution in [0.3, 0.4) is 0 Å². The highest BCUT2D eigenvalue weighted by Crippen LogP contribution is 2.29. The van der Waals surface area contributed by atoms with Gasteiger partial charge in [0.2, 0.25) is 21.8 Å². The molecular formula is C21H18F4N4O4S. The summed E-state index contributed by atoms with van der Waals surface area (Å²) in [5.41, 5.74) is 0.283. The normalized spacial score (nSPS) is 14.9. The molecule has 2 aromatic carbocycles. The first-order valence-corrected chi connectivity index (χ1v) is 11.8. The number of nitrogens with zero attached hydrogens (tertiary/aromatic N) is 4. The molecule has 180 valence electrons. The number of hydrogen-bond donors (Lipinski definition) is 0. The molecule has 0 spiro atoms. The van der Waals surface area contributed by atoms with Gasteiger partial charge >= 0.3 is 6.43 Å². The van der Waals surface area contributed by atoms with Gasteiger partial charge < -0.3 is 9.32 Å². The van der Waals surface area contributed by atoms with Gasteiger partial charge in [-0.1, -0.05) is 12.1 Å². The molecule has 1 amide bonds. The van der Waals surface area contributed by atoms with E-state index in [2.05, 4.69) is 10.2 Å². The Labute approximate surface area is 191 Å². The highest BCUT2D eigenvalue weighted by molar-refractivity contribution is 7.88. The lowest BCUT2D eigenvalue weighted by Crippen LogP contribution is -2.56. The van der Waals surface area contributed by atoms with E-state index in [1.807, 2.05) is 0 Å². The molecule has 0 atom stereocenters. The van der Waals surface area contributed by atoms with Crippen molar-refractivity contribution < 1.29 is 35.2 Å². The first-order valence-electron chi connectivity index (χ1n) is 9.95. The summed E-state index contributed by atoms with van der Waals surface area (Å²) in [5, 5.41) is 6.67. The fourth-order valence-corrected chi connectivity index (χ4v) is 4.35. The Hall–Kier alpha value is -3.32. The summed E-state index contributed by atoms with van der Waals surface area (Å²) in [7, 11) is -3.45. The van der Waals surface area contributed by atoms with Crippen LogP contribution in [-0.2, 0) is 21.4 Å². The highest BCUT2D eigenvalue weighted by Gasteiger charge is 2.40. The summed E-state index contributed by atoms with van der Waals surface area (Å²) >= 11 is 0. The van der Waals surface area contributed by atoms with E-state index in [0.717, 1.165) is 22.7 Å². The molecule has 1 aromatic heterocycles. The molecule has 0 radical (unpaired) electrons. The molecule has 0 saturated carbocycles. The molecule has 1 aliphatic heterocycles. The van der Waals surface area contributed by atoms with E-state index in [4.69, 9.17) is 4.42 Å². The fraction of sp³-hybridized carbons (Fsp3) is 0.286. The van der Waals surface area contributed by atoms with Crippen molar-refractivity contribution in [2.75, 3.05) is 24.2 Å². The summed E-state index contributed by atoms with van der Waals surface area (Å²) in [6.07, 6.45) is -1.94. The molecular weight excluding hydrogens is 480 g/mol. The number of aromatic nitrogens is 2. The quantitative estimate of drug-likeness (QED) is 0.464. The van der Waals surface area contributed by atoms with Crippen LogP contribution in [0, 0.1) is 17.6 Å². The topological polar surface area (TPSA) is 96.6 Å². The number of hydrogen-bond acceptors (Lipinski definition) is 6. The largest absolute Gasteiger partial charge is 0.415 e. The van der Waals surface area contributed by atoms with Crippen molar-refractivity contribution in [3.05, 3.63) is 65.6 Å². The first kappa shape index (κ1) is 23.8. The van der Waals surface area contributed by atoms with Gasteiger partial charge in [0.05, 0.1) is 18.7 Å². The van der Waals surface area contributed by atoms with Gasteiger partial charge in [0.15, 0.2) is 0 Å². The van der Waals surface area contributed by atoms with E-state index in [0.29, 0.717) is 0 Å². The third-order valence-electron chi connectivity index (χ3n) is 5.31. The van der Waals surface area contributed by atoms with Crippen molar-refractivity contribution in [1.29, 1.82) is 0 Å². The second-order valence-corrected chi connectivity index (χ2v) is 9.72. The minimum Gasteiger partial charge on any atom is -0.415 e. The predicted molar refractivity (Wildman–Crippen MR) is 112 cm³/mol. The van der Waals surface area contributed by atoms with Crippen molar-refractivity contribution in [2.45, 2.75) is 13.0 Å². The maximum atomic E-state index is 14.9. The Bertz CT molecular complexity index is 1330. The Morgan fingerprint density at radius 1 is 1.18 bits per heavy atom. The molecule has 34 heavy (non-hydrogen) atoms.